The van der Waals surface area contributed by atoms with E-state index in [1.807, 2.05) is 0 Å². The van der Waals surface area contributed by atoms with E-state index < -0.39 is 6.10 Å². The van der Waals surface area contributed by atoms with Gasteiger partial charge in [0.15, 0.2) is 0 Å². The summed E-state index contributed by atoms with van der Waals surface area (Å²) in [6, 6.07) is 2.55. The van der Waals surface area contributed by atoms with E-state index in [1.54, 1.807) is 0 Å². The minimum atomic E-state index is -0.640. The summed E-state index contributed by atoms with van der Waals surface area (Å²) in [5.41, 5.74) is 5.71. The average molecular weight is 170 g/mol. The van der Waals surface area contributed by atoms with Crippen LogP contribution in [0.25, 0.3) is 0 Å². The van der Waals surface area contributed by atoms with Crippen LogP contribution in [0, 0.1) is 5.82 Å². The Morgan fingerprint density at radius 1 is 1.67 bits per heavy atom. The number of aliphatic hydroxyl groups is 1. The zero-order valence-corrected chi connectivity index (χ0v) is 6.57. The van der Waals surface area contributed by atoms with Crippen LogP contribution in [-0.4, -0.2) is 22.7 Å². The van der Waals surface area contributed by atoms with Gasteiger partial charge in [0.2, 0.25) is 0 Å². The second-order valence-corrected chi connectivity index (χ2v) is 2.56. The van der Waals surface area contributed by atoms with Gasteiger partial charge in [0.25, 0.3) is 0 Å². The zero-order valence-electron chi connectivity index (χ0n) is 6.57. The minimum absolute atomic E-state index is 0.165. The number of nitrogens with zero attached hydrogens (tertiary/aromatic N) is 1. The van der Waals surface area contributed by atoms with Crippen molar-refractivity contribution in [3.8, 4) is 0 Å². The monoisotopic (exact) mass is 170 g/mol. The first kappa shape index (κ1) is 9.09. The van der Waals surface area contributed by atoms with Gasteiger partial charge in [0, 0.05) is 24.9 Å². The summed E-state index contributed by atoms with van der Waals surface area (Å²) in [4.78, 5) is 3.87. The Kier molecular flexibility index (Phi) is 3.13. The van der Waals surface area contributed by atoms with Crippen molar-refractivity contribution in [1.29, 1.82) is 0 Å². The lowest BCUT2D eigenvalue weighted by Gasteiger charge is -2.05. The fraction of sp³-hybridized carbons (Fsp3) is 0.375. The Morgan fingerprint density at radius 2 is 2.42 bits per heavy atom. The molecule has 0 aliphatic carbocycles. The smallest absolute Gasteiger partial charge is 0.126 e. The largest absolute Gasteiger partial charge is 0.391 e. The van der Waals surface area contributed by atoms with E-state index >= 15 is 0 Å². The molecule has 0 radical (unpaired) electrons. The summed E-state index contributed by atoms with van der Waals surface area (Å²) in [6.45, 7) is 0.165. The maximum Gasteiger partial charge on any atom is 0.126 e. The molecule has 0 aliphatic heterocycles. The maximum absolute atomic E-state index is 12.6. The molecule has 66 valence electrons. The molecule has 0 aliphatic rings. The third kappa shape index (κ3) is 2.56. The Bertz CT molecular complexity index is 255. The maximum atomic E-state index is 12.6. The van der Waals surface area contributed by atoms with Gasteiger partial charge >= 0.3 is 0 Å². The fourth-order valence-electron chi connectivity index (χ4n) is 0.885. The molecule has 3 nitrogen and oxygen atoms in total. The molecule has 1 aromatic rings. The highest BCUT2D eigenvalue weighted by molar-refractivity contribution is 5.06. The molecule has 0 saturated carbocycles. The van der Waals surface area contributed by atoms with Crippen LogP contribution in [0.4, 0.5) is 4.39 Å². The predicted octanol–water partition coefficient (Wildman–Crippen LogP) is 0.0828. The Morgan fingerprint density at radius 3 is 3.00 bits per heavy atom. The van der Waals surface area contributed by atoms with Gasteiger partial charge in [0.05, 0.1) is 6.10 Å². The summed E-state index contributed by atoms with van der Waals surface area (Å²) in [5, 5.41) is 9.11. The third-order valence-corrected chi connectivity index (χ3v) is 1.50. The van der Waals surface area contributed by atoms with Gasteiger partial charge in [-0.05, 0) is 12.1 Å². The second kappa shape index (κ2) is 4.13. The van der Waals surface area contributed by atoms with Gasteiger partial charge in [-0.25, -0.2) is 4.39 Å². The van der Waals surface area contributed by atoms with Gasteiger partial charge in [-0.1, -0.05) is 0 Å². The lowest BCUT2D eigenvalue weighted by Crippen LogP contribution is -2.22. The topological polar surface area (TPSA) is 59.1 Å². The number of rotatable bonds is 3. The third-order valence-electron chi connectivity index (χ3n) is 1.50. The van der Waals surface area contributed by atoms with Crippen molar-refractivity contribution in [1.82, 2.24) is 4.98 Å². The average Bonchev–Trinajstić information content (AvgIpc) is 2.04. The summed E-state index contributed by atoms with van der Waals surface area (Å²) in [7, 11) is 0. The lowest BCUT2D eigenvalue weighted by molar-refractivity contribution is 0.182. The molecular weight excluding hydrogens is 159 g/mol. The molecule has 1 rings (SSSR count). The number of aromatic nitrogens is 1. The van der Waals surface area contributed by atoms with Crippen LogP contribution in [0.3, 0.4) is 0 Å². The summed E-state index contributed by atoms with van der Waals surface area (Å²) < 4.78 is 12.6. The Labute approximate surface area is 70.0 Å². The quantitative estimate of drug-likeness (QED) is 0.675. The normalized spacial score (nSPS) is 12.9. The molecule has 0 saturated heterocycles. The molecular formula is C8H11FN2O. The van der Waals surface area contributed by atoms with Crippen molar-refractivity contribution in [3.63, 3.8) is 0 Å². The highest BCUT2D eigenvalue weighted by Crippen LogP contribution is 2.01. The first-order valence-electron chi connectivity index (χ1n) is 3.71. The first-order valence-corrected chi connectivity index (χ1v) is 3.71. The molecule has 1 heterocycles. The van der Waals surface area contributed by atoms with E-state index in [1.165, 1.54) is 18.3 Å². The van der Waals surface area contributed by atoms with E-state index in [9.17, 15) is 4.39 Å². The molecule has 1 unspecified atom stereocenters. The highest BCUT2D eigenvalue weighted by Gasteiger charge is 2.04. The van der Waals surface area contributed by atoms with Gasteiger partial charge in [-0.2, -0.15) is 0 Å². The van der Waals surface area contributed by atoms with Crippen LogP contribution in [0.1, 0.15) is 5.69 Å². The molecule has 0 bridgehead atoms. The Balaban J connectivity index is 2.63. The van der Waals surface area contributed by atoms with Crippen LogP contribution in [0.5, 0.6) is 0 Å². The molecule has 12 heavy (non-hydrogen) atoms. The molecule has 3 N–H and O–H groups in total. The number of halogens is 1. The number of nitrogens with two attached hydrogens (primary N) is 1. The van der Waals surface area contributed by atoms with Crippen LogP contribution >= 0.6 is 0 Å². The van der Waals surface area contributed by atoms with E-state index in [0.29, 0.717) is 12.1 Å². The molecule has 0 amide bonds. The minimum Gasteiger partial charge on any atom is -0.391 e. The molecule has 0 spiro atoms. The number of hydrogen-bond acceptors (Lipinski definition) is 3. The van der Waals surface area contributed by atoms with Crippen LogP contribution < -0.4 is 5.73 Å². The lowest BCUT2D eigenvalue weighted by atomic mass is 10.2. The SMILES string of the molecule is NCC(O)Cc1cc(F)ccn1. The van der Waals surface area contributed by atoms with Gasteiger partial charge in [-0.15, -0.1) is 0 Å². The molecule has 0 fully saturated rings. The van der Waals surface area contributed by atoms with Gasteiger partial charge < -0.3 is 10.8 Å². The fourth-order valence-corrected chi connectivity index (χ4v) is 0.885. The Hall–Kier alpha value is -1.00. The molecule has 1 aromatic heterocycles. The van der Waals surface area contributed by atoms with Crippen LogP contribution in [0.15, 0.2) is 18.3 Å². The van der Waals surface area contributed by atoms with E-state index in [2.05, 4.69) is 4.98 Å². The zero-order chi connectivity index (χ0) is 8.97. The highest BCUT2D eigenvalue weighted by atomic mass is 19.1. The number of hydrogen-bond donors (Lipinski definition) is 2. The molecule has 1 atom stereocenters. The van der Waals surface area contributed by atoms with E-state index in [-0.39, 0.29) is 12.4 Å². The first-order chi connectivity index (χ1) is 5.72. The van der Waals surface area contributed by atoms with Crippen molar-refractivity contribution in [2.45, 2.75) is 12.5 Å². The van der Waals surface area contributed by atoms with E-state index in [4.69, 9.17) is 10.8 Å². The summed E-state index contributed by atoms with van der Waals surface area (Å²) >= 11 is 0. The van der Waals surface area contributed by atoms with Crippen molar-refractivity contribution < 1.29 is 9.50 Å². The summed E-state index contributed by atoms with van der Waals surface area (Å²) in [5.74, 6) is -0.343. The van der Waals surface area contributed by atoms with E-state index in [0.717, 1.165) is 0 Å². The predicted molar refractivity (Wildman–Crippen MR) is 43.0 cm³/mol. The second-order valence-electron chi connectivity index (χ2n) is 2.56. The van der Waals surface area contributed by atoms with Crippen molar-refractivity contribution in [2.75, 3.05) is 6.54 Å². The standard InChI is InChI=1S/C8H11FN2O/c9-6-1-2-11-7(3-6)4-8(12)5-10/h1-3,8,12H,4-5,10H2. The van der Waals surface area contributed by atoms with Crippen molar-refractivity contribution in [2.24, 2.45) is 5.73 Å². The number of aliphatic hydroxyl groups excluding tert-OH is 1. The number of pyridine rings is 1. The van der Waals surface area contributed by atoms with Crippen LogP contribution in [0.2, 0.25) is 0 Å². The van der Waals surface area contributed by atoms with Gasteiger partial charge in [0.1, 0.15) is 5.82 Å². The van der Waals surface area contributed by atoms with Crippen molar-refractivity contribution in [3.05, 3.63) is 29.8 Å². The summed E-state index contributed by atoms with van der Waals surface area (Å²) in [6.07, 6.45) is 1.03. The van der Waals surface area contributed by atoms with Crippen LogP contribution in [-0.2, 0) is 6.42 Å². The van der Waals surface area contributed by atoms with Crippen molar-refractivity contribution >= 4 is 0 Å². The molecule has 0 aromatic carbocycles. The molecule has 4 heteroatoms. The van der Waals surface area contributed by atoms with Gasteiger partial charge in [-0.3, -0.25) is 4.98 Å².